The van der Waals surface area contributed by atoms with Gasteiger partial charge >= 0.3 is 0 Å². The topological polar surface area (TPSA) is 38.9 Å². The molecule has 1 fully saturated rings. The van der Waals surface area contributed by atoms with Gasteiger partial charge in [0.15, 0.2) is 0 Å². The van der Waals surface area contributed by atoms with E-state index in [-0.39, 0.29) is 6.04 Å². The van der Waals surface area contributed by atoms with Crippen LogP contribution in [0.4, 0.5) is 0 Å². The molecule has 3 heteroatoms. The highest BCUT2D eigenvalue weighted by atomic mass is 32.2. The Morgan fingerprint density at radius 2 is 2.19 bits per heavy atom. The zero-order chi connectivity index (χ0) is 11.4. The average molecular weight is 236 g/mol. The summed E-state index contributed by atoms with van der Waals surface area (Å²) in [6.07, 6.45) is 7.57. The van der Waals surface area contributed by atoms with Gasteiger partial charge in [-0.3, -0.25) is 4.98 Å². The second-order valence-electron chi connectivity index (χ2n) is 4.69. The maximum Gasteiger partial charge on any atom is 0.0315 e. The van der Waals surface area contributed by atoms with Gasteiger partial charge in [-0.1, -0.05) is 6.07 Å². The molecule has 0 amide bonds. The summed E-state index contributed by atoms with van der Waals surface area (Å²) < 4.78 is 0. The zero-order valence-corrected chi connectivity index (χ0v) is 10.7. The summed E-state index contributed by atoms with van der Waals surface area (Å²) in [5, 5.41) is 0. The van der Waals surface area contributed by atoms with E-state index in [9.17, 15) is 0 Å². The number of aromatic nitrogens is 1. The smallest absolute Gasteiger partial charge is 0.0315 e. The van der Waals surface area contributed by atoms with Crippen LogP contribution in [0.25, 0.3) is 0 Å². The predicted octanol–water partition coefficient (Wildman–Crippen LogP) is 2.92. The SMILES string of the molecule is Cc1cncc(C(N)CC2CCSCC2)c1. The summed E-state index contributed by atoms with van der Waals surface area (Å²) in [6.45, 7) is 2.07. The Labute approximate surface area is 102 Å². The van der Waals surface area contributed by atoms with Crippen molar-refractivity contribution >= 4 is 11.8 Å². The van der Waals surface area contributed by atoms with E-state index in [4.69, 9.17) is 5.73 Å². The van der Waals surface area contributed by atoms with E-state index in [1.165, 1.54) is 35.5 Å². The minimum Gasteiger partial charge on any atom is -0.324 e. The lowest BCUT2D eigenvalue weighted by molar-refractivity contribution is 0.412. The molecule has 88 valence electrons. The standard InChI is InChI=1S/C13H20N2S/c1-10-6-12(9-15-8-10)13(14)7-11-2-4-16-5-3-11/h6,8-9,11,13H,2-5,7,14H2,1H3. The minimum atomic E-state index is 0.167. The minimum absolute atomic E-state index is 0.167. The molecule has 0 aromatic carbocycles. The van der Waals surface area contributed by atoms with E-state index >= 15 is 0 Å². The van der Waals surface area contributed by atoms with Crippen LogP contribution >= 0.6 is 11.8 Å². The average Bonchev–Trinajstić information content (AvgIpc) is 2.30. The fourth-order valence-electron chi connectivity index (χ4n) is 2.26. The number of thioether (sulfide) groups is 1. The van der Waals surface area contributed by atoms with Crippen LogP contribution in [0, 0.1) is 12.8 Å². The molecule has 1 aliphatic heterocycles. The number of nitrogens with zero attached hydrogens (tertiary/aromatic N) is 1. The van der Waals surface area contributed by atoms with Crippen molar-refractivity contribution in [2.75, 3.05) is 11.5 Å². The lowest BCUT2D eigenvalue weighted by Crippen LogP contribution is -2.19. The Kier molecular flexibility index (Phi) is 4.24. The van der Waals surface area contributed by atoms with E-state index in [2.05, 4.69) is 29.7 Å². The summed E-state index contributed by atoms with van der Waals surface area (Å²) in [4.78, 5) is 4.21. The van der Waals surface area contributed by atoms with Crippen LogP contribution in [0.3, 0.4) is 0 Å². The van der Waals surface area contributed by atoms with E-state index in [1.807, 2.05) is 12.4 Å². The first-order chi connectivity index (χ1) is 7.75. The molecule has 0 aliphatic carbocycles. The van der Waals surface area contributed by atoms with Crippen LogP contribution in [0.2, 0.25) is 0 Å². The lowest BCUT2D eigenvalue weighted by Gasteiger charge is -2.24. The van der Waals surface area contributed by atoms with Crippen molar-refractivity contribution in [3.63, 3.8) is 0 Å². The van der Waals surface area contributed by atoms with Crippen molar-refractivity contribution in [2.45, 2.75) is 32.2 Å². The highest BCUT2D eigenvalue weighted by molar-refractivity contribution is 7.99. The Morgan fingerprint density at radius 1 is 1.44 bits per heavy atom. The third-order valence-corrected chi connectivity index (χ3v) is 4.30. The van der Waals surface area contributed by atoms with E-state index < -0.39 is 0 Å². The van der Waals surface area contributed by atoms with Gasteiger partial charge in [-0.2, -0.15) is 11.8 Å². The number of rotatable bonds is 3. The number of hydrogen-bond acceptors (Lipinski definition) is 3. The van der Waals surface area contributed by atoms with Crippen LogP contribution in [0.15, 0.2) is 18.5 Å². The second kappa shape index (κ2) is 5.69. The number of pyridine rings is 1. The van der Waals surface area contributed by atoms with Crippen LogP contribution < -0.4 is 5.73 Å². The summed E-state index contributed by atoms with van der Waals surface area (Å²) in [7, 11) is 0. The quantitative estimate of drug-likeness (QED) is 0.877. The number of aryl methyl sites for hydroxylation is 1. The molecule has 0 radical (unpaired) electrons. The van der Waals surface area contributed by atoms with Gasteiger partial charge in [0.25, 0.3) is 0 Å². The Hall–Kier alpha value is -0.540. The number of hydrogen-bond donors (Lipinski definition) is 1. The van der Waals surface area contributed by atoms with Gasteiger partial charge < -0.3 is 5.73 Å². The van der Waals surface area contributed by atoms with Crippen molar-refractivity contribution < 1.29 is 0 Å². The molecule has 1 aliphatic rings. The van der Waals surface area contributed by atoms with Crippen molar-refractivity contribution in [1.82, 2.24) is 4.98 Å². The first kappa shape index (κ1) is 11.9. The molecule has 1 atom stereocenters. The van der Waals surface area contributed by atoms with Crippen molar-refractivity contribution in [1.29, 1.82) is 0 Å². The van der Waals surface area contributed by atoms with Gasteiger partial charge in [-0.15, -0.1) is 0 Å². The molecule has 1 aromatic rings. The molecule has 16 heavy (non-hydrogen) atoms. The molecule has 2 nitrogen and oxygen atoms in total. The first-order valence-electron chi connectivity index (χ1n) is 6.00. The maximum absolute atomic E-state index is 6.25. The molecule has 2 N–H and O–H groups in total. The Bertz CT molecular complexity index is 334. The predicted molar refractivity (Wildman–Crippen MR) is 70.6 cm³/mol. The van der Waals surface area contributed by atoms with Gasteiger partial charge in [0.05, 0.1) is 0 Å². The maximum atomic E-state index is 6.25. The summed E-state index contributed by atoms with van der Waals surface area (Å²) in [6, 6.07) is 2.33. The van der Waals surface area contributed by atoms with Gasteiger partial charge in [0.2, 0.25) is 0 Å². The fraction of sp³-hybridized carbons (Fsp3) is 0.615. The van der Waals surface area contributed by atoms with Crippen LogP contribution in [0.5, 0.6) is 0 Å². The third kappa shape index (κ3) is 3.22. The molecule has 2 rings (SSSR count). The normalized spacial score (nSPS) is 19.6. The van der Waals surface area contributed by atoms with Gasteiger partial charge in [-0.05, 0) is 54.7 Å². The second-order valence-corrected chi connectivity index (χ2v) is 5.92. The largest absolute Gasteiger partial charge is 0.324 e. The molecule has 1 unspecified atom stereocenters. The Balaban J connectivity index is 1.94. The molecule has 0 bridgehead atoms. The molecule has 1 aromatic heterocycles. The fourth-order valence-corrected chi connectivity index (χ4v) is 3.46. The van der Waals surface area contributed by atoms with Gasteiger partial charge in [-0.25, -0.2) is 0 Å². The van der Waals surface area contributed by atoms with Crippen molar-refractivity contribution in [2.24, 2.45) is 11.7 Å². The lowest BCUT2D eigenvalue weighted by atomic mass is 9.91. The van der Waals surface area contributed by atoms with E-state index in [1.54, 1.807) is 0 Å². The van der Waals surface area contributed by atoms with Crippen LogP contribution in [-0.4, -0.2) is 16.5 Å². The van der Waals surface area contributed by atoms with Crippen molar-refractivity contribution in [3.8, 4) is 0 Å². The molecule has 2 heterocycles. The molecular weight excluding hydrogens is 216 g/mol. The van der Waals surface area contributed by atoms with Gasteiger partial charge in [0, 0.05) is 18.4 Å². The van der Waals surface area contributed by atoms with E-state index in [0.29, 0.717) is 0 Å². The van der Waals surface area contributed by atoms with Crippen LogP contribution in [0.1, 0.15) is 36.4 Å². The highest BCUT2D eigenvalue weighted by Gasteiger charge is 2.18. The molecule has 1 saturated heterocycles. The highest BCUT2D eigenvalue weighted by Crippen LogP contribution is 2.29. The number of nitrogens with two attached hydrogens (primary N) is 1. The summed E-state index contributed by atoms with van der Waals surface area (Å²) in [5.41, 5.74) is 8.64. The van der Waals surface area contributed by atoms with Crippen molar-refractivity contribution in [3.05, 3.63) is 29.6 Å². The molecule has 0 saturated carbocycles. The third-order valence-electron chi connectivity index (χ3n) is 3.25. The monoisotopic (exact) mass is 236 g/mol. The molecular formula is C13H20N2S. The Morgan fingerprint density at radius 3 is 2.88 bits per heavy atom. The van der Waals surface area contributed by atoms with Gasteiger partial charge in [0.1, 0.15) is 0 Å². The molecule has 0 spiro atoms. The summed E-state index contributed by atoms with van der Waals surface area (Å²) in [5.74, 6) is 3.43. The first-order valence-corrected chi connectivity index (χ1v) is 7.16. The summed E-state index contributed by atoms with van der Waals surface area (Å²) >= 11 is 2.07. The zero-order valence-electron chi connectivity index (χ0n) is 9.86. The van der Waals surface area contributed by atoms with E-state index in [0.717, 1.165) is 12.3 Å². The van der Waals surface area contributed by atoms with Crippen LogP contribution in [-0.2, 0) is 0 Å².